The van der Waals surface area contributed by atoms with Gasteiger partial charge in [-0.1, -0.05) is 6.92 Å². The van der Waals surface area contributed by atoms with Gasteiger partial charge in [0.1, 0.15) is 5.76 Å². The van der Waals surface area contributed by atoms with Gasteiger partial charge >= 0.3 is 0 Å². The first-order valence-electron chi connectivity index (χ1n) is 6.77. The Bertz CT molecular complexity index is 306. The van der Waals surface area contributed by atoms with E-state index in [9.17, 15) is 0 Å². The van der Waals surface area contributed by atoms with E-state index >= 15 is 0 Å². The van der Waals surface area contributed by atoms with Crippen LogP contribution in [0.4, 0.5) is 0 Å². The Balaban J connectivity index is 1.64. The minimum atomic E-state index is 0.692. The summed E-state index contributed by atoms with van der Waals surface area (Å²) in [6.07, 6.45) is 4.58. The Morgan fingerprint density at radius 2 is 2.35 bits per heavy atom. The molecule has 1 aromatic heterocycles. The lowest BCUT2D eigenvalue weighted by Crippen LogP contribution is -2.36. The van der Waals surface area contributed by atoms with Gasteiger partial charge in [-0.05, 0) is 44.4 Å². The van der Waals surface area contributed by atoms with Crippen molar-refractivity contribution < 1.29 is 4.42 Å². The second kappa shape index (κ2) is 6.22. The van der Waals surface area contributed by atoms with Crippen molar-refractivity contribution in [3.8, 4) is 0 Å². The topological polar surface area (TPSA) is 28.4 Å². The van der Waals surface area contributed by atoms with Crippen LogP contribution in [0.25, 0.3) is 0 Å². The van der Waals surface area contributed by atoms with Crippen LogP contribution in [0.1, 0.15) is 32.4 Å². The Morgan fingerprint density at radius 1 is 1.53 bits per heavy atom. The highest BCUT2D eigenvalue weighted by atomic mass is 16.3. The zero-order valence-electron chi connectivity index (χ0n) is 11.0. The molecule has 1 aromatic rings. The first-order chi connectivity index (χ1) is 8.29. The summed E-state index contributed by atoms with van der Waals surface area (Å²) in [5, 5.41) is 3.62. The number of likely N-dealkylation sites (N-methyl/N-ethyl adjacent to an activating group) is 1. The van der Waals surface area contributed by atoms with Crippen molar-refractivity contribution in [1.29, 1.82) is 0 Å². The van der Waals surface area contributed by atoms with Crippen molar-refractivity contribution in [1.82, 2.24) is 10.2 Å². The lowest BCUT2D eigenvalue weighted by molar-refractivity contribution is 0.251. The van der Waals surface area contributed by atoms with Crippen LogP contribution in [-0.4, -0.2) is 30.6 Å². The van der Waals surface area contributed by atoms with Crippen LogP contribution in [-0.2, 0) is 6.54 Å². The third-order valence-electron chi connectivity index (χ3n) is 3.63. The molecule has 0 bridgehead atoms. The largest absolute Gasteiger partial charge is 0.468 e. The normalized spacial score (nSPS) is 17.6. The minimum absolute atomic E-state index is 0.692. The third-order valence-corrected chi connectivity index (χ3v) is 3.63. The van der Waals surface area contributed by atoms with Gasteiger partial charge in [0, 0.05) is 19.1 Å². The molecule has 0 aromatic carbocycles. The maximum Gasteiger partial charge on any atom is 0.117 e. The molecule has 2 rings (SSSR count). The number of hydrogen-bond acceptors (Lipinski definition) is 3. The average molecular weight is 236 g/mol. The molecule has 1 unspecified atom stereocenters. The standard InChI is InChI=1S/C14H24N2O/c1-3-16(11-14-5-4-10-17-14)9-8-15-12(2)13-6-7-13/h4-5,10,12-13,15H,3,6-9,11H2,1-2H3. The molecule has 0 spiro atoms. The van der Waals surface area contributed by atoms with Gasteiger partial charge in [-0.25, -0.2) is 0 Å². The van der Waals surface area contributed by atoms with Crippen LogP contribution >= 0.6 is 0 Å². The van der Waals surface area contributed by atoms with Gasteiger partial charge in [-0.3, -0.25) is 4.90 Å². The van der Waals surface area contributed by atoms with Gasteiger partial charge in [0.25, 0.3) is 0 Å². The fourth-order valence-electron chi connectivity index (χ4n) is 2.19. The van der Waals surface area contributed by atoms with Crippen molar-refractivity contribution in [3.63, 3.8) is 0 Å². The van der Waals surface area contributed by atoms with E-state index in [-0.39, 0.29) is 0 Å². The maximum absolute atomic E-state index is 5.38. The van der Waals surface area contributed by atoms with Crippen molar-refractivity contribution in [3.05, 3.63) is 24.2 Å². The predicted molar refractivity (Wildman–Crippen MR) is 69.8 cm³/mol. The lowest BCUT2D eigenvalue weighted by atomic mass is 10.2. The van der Waals surface area contributed by atoms with Crippen LogP contribution in [0.3, 0.4) is 0 Å². The average Bonchev–Trinajstić information content (AvgIpc) is 3.07. The molecule has 1 N–H and O–H groups in total. The molecule has 1 aliphatic rings. The highest BCUT2D eigenvalue weighted by molar-refractivity contribution is 4.97. The molecule has 3 nitrogen and oxygen atoms in total. The van der Waals surface area contributed by atoms with Gasteiger partial charge in [0.05, 0.1) is 12.8 Å². The summed E-state index contributed by atoms with van der Waals surface area (Å²) in [6.45, 7) is 8.66. The van der Waals surface area contributed by atoms with Gasteiger partial charge in [0.15, 0.2) is 0 Å². The second-order valence-electron chi connectivity index (χ2n) is 5.03. The molecule has 0 saturated heterocycles. The zero-order chi connectivity index (χ0) is 12.1. The maximum atomic E-state index is 5.38. The molecule has 1 atom stereocenters. The van der Waals surface area contributed by atoms with Gasteiger partial charge in [-0.2, -0.15) is 0 Å². The summed E-state index contributed by atoms with van der Waals surface area (Å²) >= 11 is 0. The van der Waals surface area contributed by atoms with Crippen molar-refractivity contribution >= 4 is 0 Å². The SMILES string of the molecule is CCN(CCNC(C)C1CC1)Cc1ccco1. The van der Waals surface area contributed by atoms with Gasteiger partial charge < -0.3 is 9.73 Å². The summed E-state index contributed by atoms with van der Waals surface area (Å²) < 4.78 is 5.38. The molecule has 1 fully saturated rings. The quantitative estimate of drug-likeness (QED) is 0.751. The second-order valence-corrected chi connectivity index (χ2v) is 5.03. The zero-order valence-corrected chi connectivity index (χ0v) is 11.0. The first-order valence-corrected chi connectivity index (χ1v) is 6.77. The molecule has 1 aliphatic carbocycles. The highest BCUT2D eigenvalue weighted by Gasteiger charge is 2.27. The summed E-state index contributed by atoms with van der Waals surface area (Å²) in [7, 11) is 0. The fraction of sp³-hybridized carbons (Fsp3) is 0.714. The molecular weight excluding hydrogens is 212 g/mol. The third kappa shape index (κ3) is 4.17. The fourth-order valence-corrected chi connectivity index (χ4v) is 2.19. The van der Waals surface area contributed by atoms with Gasteiger partial charge in [0.2, 0.25) is 0 Å². The number of rotatable bonds is 8. The molecule has 1 heterocycles. The summed E-state index contributed by atoms with van der Waals surface area (Å²) in [5.41, 5.74) is 0. The number of nitrogens with one attached hydrogen (secondary N) is 1. The van der Waals surface area contributed by atoms with Crippen LogP contribution < -0.4 is 5.32 Å². The van der Waals surface area contributed by atoms with E-state index in [4.69, 9.17) is 4.42 Å². The van der Waals surface area contributed by atoms with E-state index in [2.05, 4.69) is 24.1 Å². The molecule has 0 aliphatic heterocycles. The van der Waals surface area contributed by atoms with E-state index in [0.717, 1.165) is 37.9 Å². The molecular formula is C14H24N2O. The van der Waals surface area contributed by atoms with E-state index in [1.165, 1.54) is 12.8 Å². The number of furan rings is 1. The lowest BCUT2D eigenvalue weighted by Gasteiger charge is -2.21. The van der Waals surface area contributed by atoms with E-state index < -0.39 is 0 Å². The molecule has 3 heteroatoms. The van der Waals surface area contributed by atoms with Crippen LogP contribution in [0, 0.1) is 5.92 Å². The van der Waals surface area contributed by atoms with Gasteiger partial charge in [-0.15, -0.1) is 0 Å². The van der Waals surface area contributed by atoms with Crippen molar-refractivity contribution in [2.24, 2.45) is 5.92 Å². The highest BCUT2D eigenvalue weighted by Crippen LogP contribution is 2.32. The van der Waals surface area contributed by atoms with E-state index in [0.29, 0.717) is 6.04 Å². The molecule has 96 valence electrons. The first kappa shape index (κ1) is 12.7. The van der Waals surface area contributed by atoms with Crippen LogP contribution in [0.2, 0.25) is 0 Å². The monoisotopic (exact) mass is 236 g/mol. The Kier molecular flexibility index (Phi) is 4.63. The summed E-state index contributed by atoms with van der Waals surface area (Å²) in [5.74, 6) is 2.00. The number of hydrogen-bond donors (Lipinski definition) is 1. The smallest absolute Gasteiger partial charge is 0.117 e. The molecule has 1 saturated carbocycles. The van der Waals surface area contributed by atoms with E-state index in [1.807, 2.05) is 12.1 Å². The molecule has 0 radical (unpaired) electrons. The van der Waals surface area contributed by atoms with Crippen molar-refractivity contribution in [2.45, 2.75) is 39.3 Å². The molecule has 17 heavy (non-hydrogen) atoms. The van der Waals surface area contributed by atoms with E-state index in [1.54, 1.807) is 6.26 Å². The Labute approximate surface area is 104 Å². The van der Waals surface area contributed by atoms with Crippen LogP contribution in [0.15, 0.2) is 22.8 Å². The predicted octanol–water partition coefficient (Wildman–Crippen LogP) is 2.49. The summed E-state index contributed by atoms with van der Waals surface area (Å²) in [4.78, 5) is 2.41. The Hall–Kier alpha value is -0.800. The summed E-state index contributed by atoms with van der Waals surface area (Å²) in [6, 6.07) is 4.69. The molecule has 0 amide bonds. The van der Waals surface area contributed by atoms with Crippen LogP contribution in [0.5, 0.6) is 0 Å². The Morgan fingerprint density at radius 3 is 2.94 bits per heavy atom. The minimum Gasteiger partial charge on any atom is -0.468 e. The number of nitrogens with zero attached hydrogens (tertiary/aromatic N) is 1. The van der Waals surface area contributed by atoms with Crippen molar-refractivity contribution in [2.75, 3.05) is 19.6 Å².